The van der Waals surface area contributed by atoms with Crippen molar-refractivity contribution < 1.29 is 9.59 Å². The van der Waals surface area contributed by atoms with E-state index in [1.54, 1.807) is 12.3 Å². The minimum Gasteiger partial charge on any atom is -0.354 e. The second-order valence-corrected chi connectivity index (χ2v) is 6.48. The Morgan fingerprint density at radius 2 is 2.04 bits per heavy atom. The van der Waals surface area contributed by atoms with Gasteiger partial charge in [0, 0.05) is 31.0 Å². The van der Waals surface area contributed by atoms with Gasteiger partial charge in [-0.1, -0.05) is 31.5 Å². The van der Waals surface area contributed by atoms with E-state index in [-0.39, 0.29) is 17.7 Å². The second kappa shape index (κ2) is 9.01. The van der Waals surface area contributed by atoms with Crippen LogP contribution in [-0.4, -0.2) is 34.2 Å². The molecule has 2 rings (SSSR count). The summed E-state index contributed by atoms with van der Waals surface area (Å²) in [7, 11) is 0. The minimum absolute atomic E-state index is 0.000116. The molecule has 134 valence electrons. The molecular formula is C19H26N4O2. The highest BCUT2D eigenvalue weighted by Gasteiger charge is 2.24. The van der Waals surface area contributed by atoms with E-state index in [0.29, 0.717) is 12.1 Å². The Morgan fingerprint density at radius 3 is 2.68 bits per heavy atom. The highest BCUT2D eigenvalue weighted by Crippen LogP contribution is 2.07. The number of amides is 2. The van der Waals surface area contributed by atoms with E-state index in [1.807, 2.05) is 55.9 Å². The zero-order chi connectivity index (χ0) is 18.2. The summed E-state index contributed by atoms with van der Waals surface area (Å²) in [6.45, 7) is 7.07. The summed E-state index contributed by atoms with van der Waals surface area (Å²) in [5, 5.41) is 9.87. The summed E-state index contributed by atoms with van der Waals surface area (Å²) in [5.41, 5.74) is 1.58. The number of rotatable bonds is 8. The van der Waals surface area contributed by atoms with Crippen LogP contribution >= 0.6 is 0 Å². The number of carbonyl (C=O) groups is 2. The number of carbonyl (C=O) groups excluding carboxylic acids is 2. The molecule has 6 heteroatoms. The Kier molecular flexibility index (Phi) is 6.74. The van der Waals surface area contributed by atoms with Crippen LogP contribution in [0.2, 0.25) is 0 Å². The van der Waals surface area contributed by atoms with Gasteiger partial charge < -0.3 is 10.6 Å². The molecule has 6 nitrogen and oxygen atoms in total. The van der Waals surface area contributed by atoms with Gasteiger partial charge in [-0.05, 0) is 37.5 Å². The van der Waals surface area contributed by atoms with E-state index in [1.165, 1.54) is 0 Å². The molecule has 0 aliphatic rings. The fourth-order valence-corrected chi connectivity index (χ4v) is 2.54. The number of benzene rings is 1. The van der Waals surface area contributed by atoms with Gasteiger partial charge in [0.05, 0.1) is 0 Å². The molecule has 0 saturated heterocycles. The molecule has 0 unspecified atom stereocenters. The standard InChI is InChI=1S/C19H26N4O2/c1-14(2)17(22-18(24)16-8-4-7-15(3)13-16)19(25)20-9-5-11-23-12-6-10-21-23/h4,6-8,10,12-14,17H,5,9,11H2,1-3H3,(H,20,25)(H,22,24)/t17-/m1/s1. The molecule has 0 aliphatic heterocycles. The average molecular weight is 342 g/mol. The Morgan fingerprint density at radius 1 is 1.24 bits per heavy atom. The third-order valence-corrected chi connectivity index (χ3v) is 3.94. The maximum absolute atomic E-state index is 12.4. The minimum atomic E-state index is -0.558. The maximum Gasteiger partial charge on any atom is 0.251 e. The van der Waals surface area contributed by atoms with Crippen molar-refractivity contribution >= 4 is 11.8 Å². The highest BCUT2D eigenvalue weighted by atomic mass is 16.2. The molecule has 0 bridgehead atoms. The van der Waals surface area contributed by atoms with Crippen LogP contribution in [0.3, 0.4) is 0 Å². The lowest BCUT2D eigenvalue weighted by molar-refractivity contribution is -0.123. The summed E-state index contributed by atoms with van der Waals surface area (Å²) < 4.78 is 1.82. The topological polar surface area (TPSA) is 76.0 Å². The van der Waals surface area contributed by atoms with Crippen molar-refractivity contribution in [1.82, 2.24) is 20.4 Å². The Balaban J connectivity index is 1.86. The van der Waals surface area contributed by atoms with E-state index in [9.17, 15) is 9.59 Å². The smallest absolute Gasteiger partial charge is 0.251 e. The van der Waals surface area contributed by atoms with Crippen LogP contribution in [0.25, 0.3) is 0 Å². The molecule has 0 fully saturated rings. The van der Waals surface area contributed by atoms with Crippen molar-refractivity contribution in [2.45, 2.75) is 39.8 Å². The third kappa shape index (κ3) is 5.74. The lowest BCUT2D eigenvalue weighted by Gasteiger charge is -2.22. The van der Waals surface area contributed by atoms with E-state index >= 15 is 0 Å². The molecule has 2 N–H and O–H groups in total. The lowest BCUT2D eigenvalue weighted by Crippen LogP contribution is -2.50. The van der Waals surface area contributed by atoms with Crippen LogP contribution in [0.15, 0.2) is 42.7 Å². The van der Waals surface area contributed by atoms with Gasteiger partial charge in [-0.25, -0.2) is 0 Å². The Bertz CT molecular complexity index is 695. The molecule has 0 spiro atoms. The van der Waals surface area contributed by atoms with Crippen LogP contribution < -0.4 is 10.6 Å². The summed E-state index contributed by atoms with van der Waals surface area (Å²) in [5.74, 6) is -0.384. The van der Waals surface area contributed by atoms with Crippen molar-refractivity contribution in [2.75, 3.05) is 6.54 Å². The molecule has 2 amide bonds. The Labute approximate surface area is 148 Å². The van der Waals surface area contributed by atoms with E-state index < -0.39 is 6.04 Å². The van der Waals surface area contributed by atoms with Crippen molar-refractivity contribution in [1.29, 1.82) is 0 Å². The van der Waals surface area contributed by atoms with E-state index in [4.69, 9.17) is 0 Å². The molecule has 1 aromatic carbocycles. The molecule has 25 heavy (non-hydrogen) atoms. The van der Waals surface area contributed by atoms with Crippen LogP contribution in [0.4, 0.5) is 0 Å². The molecule has 0 radical (unpaired) electrons. The molecule has 1 heterocycles. The van der Waals surface area contributed by atoms with E-state index in [2.05, 4.69) is 15.7 Å². The number of aromatic nitrogens is 2. The summed E-state index contributed by atoms with van der Waals surface area (Å²) in [6, 6.07) is 8.65. The Hall–Kier alpha value is -2.63. The van der Waals surface area contributed by atoms with Crippen LogP contribution in [-0.2, 0) is 11.3 Å². The predicted octanol–water partition coefficient (Wildman–Crippen LogP) is 2.15. The first-order valence-electron chi connectivity index (χ1n) is 8.60. The van der Waals surface area contributed by atoms with Crippen molar-refractivity contribution in [3.8, 4) is 0 Å². The SMILES string of the molecule is Cc1cccc(C(=O)N[C@@H](C(=O)NCCCn2cccn2)C(C)C)c1. The largest absolute Gasteiger partial charge is 0.354 e. The normalized spacial score (nSPS) is 12.0. The van der Waals surface area contributed by atoms with Gasteiger partial charge in [0.25, 0.3) is 5.91 Å². The fraction of sp³-hybridized carbons (Fsp3) is 0.421. The second-order valence-electron chi connectivity index (χ2n) is 6.48. The van der Waals surface area contributed by atoms with Crippen molar-refractivity contribution in [3.05, 3.63) is 53.9 Å². The lowest BCUT2D eigenvalue weighted by atomic mass is 10.0. The van der Waals surface area contributed by atoms with Crippen molar-refractivity contribution in [2.24, 2.45) is 5.92 Å². The fourth-order valence-electron chi connectivity index (χ4n) is 2.54. The summed E-state index contributed by atoms with van der Waals surface area (Å²) in [6.07, 6.45) is 4.40. The summed E-state index contributed by atoms with van der Waals surface area (Å²) in [4.78, 5) is 24.8. The maximum atomic E-state index is 12.4. The van der Waals surface area contributed by atoms with Crippen molar-refractivity contribution in [3.63, 3.8) is 0 Å². The predicted molar refractivity (Wildman–Crippen MR) is 97.1 cm³/mol. The molecule has 2 aromatic rings. The van der Waals surface area contributed by atoms with Gasteiger partial charge in [-0.2, -0.15) is 5.10 Å². The number of aryl methyl sites for hydroxylation is 2. The van der Waals surface area contributed by atoms with Crippen LogP contribution in [0.1, 0.15) is 36.2 Å². The average Bonchev–Trinajstić information content (AvgIpc) is 3.09. The monoisotopic (exact) mass is 342 g/mol. The first kappa shape index (κ1) is 18.7. The first-order chi connectivity index (χ1) is 12.0. The zero-order valence-corrected chi connectivity index (χ0v) is 15.0. The summed E-state index contributed by atoms with van der Waals surface area (Å²) >= 11 is 0. The van der Waals surface area contributed by atoms with Gasteiger partial charge in [0.15, 0.2) is 0 Å². The van der Waals surface area contributed by atoms with E-state index in [0.717, 1.165) is 18.5 Å². The first-order valence-corrected chi connectivity index (χ1v) is 8.60. The highest BCUT2D eigenvalue weighted by molar-refractivity contribution is 5.97. The molecule has 1 atom stereocenters. The molecule has 1 aromatic heterocycles. The zero-order valence-electron chi connectivity index (χ0n) is 15.0. The molecule has 0 saturated carbocycles. The van der Waals surface area contributed by atoms with Gasteiger partial charge in [0.2, 0.25) is 5.91 Å². The van der Waals surface area contributed by atoms with Gasteiger partial charge in [-0.15, -0.1) is 0 Å². The molecule has 0 aliphatic carbocycles. The molecular weight excluding hydrogens is 316 g/mol. The van der Waals surface area contributed by atoms with Gasteiger partial charge in [0.1, 0.15) is 6.04 Å². The quantitative estimate of drug-likeness (QED) is 0.722. The number of hydrogen-bond acceptors (Lipinski definition) is 3. The number of nitrogens with zero attached hydrogens (tertiary/aromatic N) is 2. The number of hydrogen-bond donors (Lipinski definition) is 2. The third-order valence-electron chi connectivity index (χ3n) is 3.94. The number of nitrogens with one attached hydrogen (secondary N) is 2. The van der Waals surface area contributed by atoms with Crippen LogP contribution in [0, 0.1) is 12.8 Å². The van der Waals surface area contributed by atoms with Gasteiger partial charge >= 0.3 is 0 Å². The van der Waals surface area contributed by atoms with Gasteiger partial charge in [-0.3, -0.25) is 14.3 Å². The van der Waals surface area contributed by atoms with Crippen LogP contribution in [0.5, 0.6) is 0 Å².